The molecule has 0 saturated heterocycles. The van der Waals surface area contributed by atoms with Crippen molar-refractivity contribution in [1.29, 1.82) is 0 Å². The van der Waals surface area contributed by atoms with Gasteiger partial charge in [-0.1, -0.05) is 0 Å². The van der Waals surface area contributed by atoms with E-state index in [-0.39, 0.29) is 12.0 Å². The van der Waals surface area contributed by atoms with Gasteiger partial charge in [0.25, 0.3) is 12.5 Å². The number of hydrogen-bond acceptors (Lipinski definition) is 5. The van der Waals surface area contributed by atoms with Crippen LogP contribution in [0.4, 0.5) is 13.2 Å². The number of carbonyl (C=O) groups is 2. The van der Waals surface area contributed by atoms with E-state index in [2.05, 4.69) is 4.99 Å². The number of benzene rings is 1. The molecule has 0 spiro atoms. The van der Waals surface area contributed by atoms with Gasteiger partial charge in [-0.15, -0.1) is 0 Å². The van der Waals surface area contributed by atoms with Crippen LogP contribution in [0.25, 0.3) is 0 Å². The highest BCUT2D eigenvalue weighted by Gasteiger charge is 2.57. The van der Waals surface area contributed by atoms with Crippen LogP contribution < -0.4 is 11.5 Å². The maximum atomic E-state index is 14.1. The van der Waals surface area contributed by atoms with Crippen molar-refractivity contribution in [2.24, 2.45) is 16.5 Å². The first-order valence-corrected chi connectivity index (χ1v) is 6.13. The molecule has 1 heterocycles. The number of amides is 1. The van der Waals surface area contributed by atoms with Gasteiger partial charge in [-0.2, -0.15) is 8.78 Å². The number of alkyl halides is 2. The summed E-state index contributed by atoms with van der Waals surface area (Å²) in [6.45, 7) is -0.201. The second-order valence-corrected chi connectivity index (χ2v) is 4.66. The van der Waals surface area contributed by atoms with E-state index in [1.54, 1.807) is 0 Å². The highest BCUT2D eigenvalue weighted by atomic mass is 19.3. The molecule has 0 fully saturated rings. The minimum atomic E-state index is -3.49. The summed E-state index contributed by atoms with van der Waals surface area (Å²) in [6.07, 6.45) is 0. The van der Waals surface area contributed by atoms with Gasteiger partial charge in [-0.3, -0.25) is 9.59 Å². The van der Waals surface area contributed by atoms with Crippen LogP contribution in [0.2, 0.25) is 0 Å². The van der Waals surface area contributed by atoms with Crippen LogP contribution in [0.1, 0.15) is 22.8 Å². The quantitative estimate of drug-likeness (QED) is 0.690. The smallest absolute Gasteiger partial charge is 0.310 e. The lowest BCUT2D eigenvalue weighted by Gasteiger charge is -2.39. The van der Waals surface area contributed by atoms with E-state index in [1.807, 2.05) is 0 Å². The van der Waals surface area contributed by atoms with Gasteiger partial charge in [-0.25, -0.2) is 9.38 Å². The van der Waals surface area contributed by atoms with E-state index in [9.17, 15) is 18.0 Å². The molecule has 10 heteroatoms. The van der Waals surface area contributed by atoms with Crippen LogP contribution in [0.3, 0.4) is 0 Å². The number of amidine groups is 1. The molecule has 0 bridgehead atoms. The summed E-state index contributed by atoms with van der Waals surface area (Å²) in [4.78, 5) is 22.8. The van der Waals surface area contributed by atoms with Gasteiger partial charge < -0.3 is 21.3 Å². The lowest BCUT2D eigenvalue weighted by atomic mass is 9.86. The van der Waals surface area contributed by atoms with E-state index in [0.29, 0.717) is 0 Å². The Morgan fingerprint density at radius 3 is 2.57 bits per heavy atom. The highest BCUT2D eigenvalue weighted by Crippen LogP contribution is 2.44. The first-order chi connectivity index (χ1) is 10.6. The number of carbonyl (C=O) groups excluding carboxylic acids is 1. The molecule has 0 unspecified atom stereocenters. The van der Waals surface area contributed by atoms with Gasteiger partial charge in [0, 0.05) is 11.1 Å². The van der Waals surface area contributed by atoms with Crippen molar-refractivity contribution in [1.82, 2.24) is 0 Å². The van der Waals surface area contributed by atoms with Gasteiger partial charge >= 0.3 is 5.92 Å². The number of aliphatic imine (C=N–C) groups is 1. The molecular weight excluding hydrogens is 319 g/mol. The van der Waals surface area contributed by atoms with Gasteiger partial charge in [0.05, 0.1) is 0 Å². The molecule has 7 nitrogen and oxygen atoms in total. The van der Waals surface area contributed by atoms with Crippen molar-refractivity contribution >= 4 is 18.4 Å². The standard InChI is InChI=1S/C12H12F3N3O2.CH2O2/c1-11(12(14,15)5-18-10(17)20-11)7-4-6(9(16)19)2-3-8(7)13;2-1-3/h2-4H,5H2,1H3,(H2,16,19)(H2,17,18);1H,(H,2,3)/t11-;/m1./s1. The summed E-state index contributed by atoms with van der Waals surface area (Å²) in [5.41, 5.74) is 7.38. The Kier molecular flexibility index (Phi) is 5.20. The minimum Gasteiger partial charge on any atom is -0.483 e. The number of rotatable bonds is 2. The third-order valence-electron chi connectivity index (χ3n) is 3.20. The second kappa shape index (κ2) is 6.55. The van der Waals surface area contributed by atoms with Crippen LogP contribution in [-0.4, -0.2) is 36.0 Å². The summed E-state index contributed by atoms with van der Waals surface area (Å²) < 4.78 is 46.9. The molecule has 0 radical (unpaired) electrons. The fourth-order valence-electron chi connectivity index (χ4n) is 1.94. The zero-order valence-corrected chi connectivity index (χ0v) is 11.9. The Balaban J connectivity index is 0.000000816. The van der Waals surface area contributed by atoms with Crippen LogP contribution >= 0.6 is 0 Å². The normalized spacial score (nSPS) is 22.0. The Morgan fingerprint density at radius 2 is 2.04 bits per heavy atom. The number of nitrogens with zero attached hydrogens (tertiary/aromatic N) is 1. The van der Waals surface area contributed by atoms with Crippen LogP contribution in [0.15, 0.2) is 23.2 Å². The van der Waals surface area contributed by atoms with Gasteiger partial charge in [-0.05, 0) is 25.1 Å². The van der Waals surface area contributed by atoms with Gasteiger partial charge in [0.15, 0.2) is 0 Å². The summed E-state index contributed by atoms with van der Waals surface area (Å²) in [6, 6.07) is 2.44. The fourth-order valence-corrected chi connectivity index (χ4v) is 1.94. The molecule has 1 aliphatic heterocycles. The third kappa shape index (κ3) is 3.52. The van der Waals surface area contributed by atoms with Crippen LogP contribution in [0, 0.1) is 5.82 Å². The number of halogens is 3. The highest BCUT2D eigenvalue weighted by molar-refractivity contribution is 5.93. The molecule has 126 valence electrons. The zero-order chi connectivity index (χ0) is 17.8. The van der Waals surface area contributed by atoms with E-state index in [1.165, 1.54) is 0 Å². The monoisotopic (exact) mass is 333 g/mol. The predicted molar refractivity (Wildman–Crippen MR) is 73.5 cm³/mol. The van der Waals surface area contributed by atoms with Gasteiger partial charge in [0.1, 0.15) is 12.4 Å². The summed E-state index contributed by atoms with van der Waals surface area (Å²) >= 11 is 0. The lowest BCUT2D eigenvalue weighted by molar-refractivity contribution is -0.173. The van der Waals surface area contributed by atoms with Crippen molar-refractivity contribution in [3.8, 4) is 0 Å². The maximum Gasteiger partial charge on any atom is 0.310 e. The molecule has 2 rings (SSSR count). The zero-order valence-electron chi connectivity index (χ0n) is 11.9. The molecule has 5 N–H and O–H groups in total. The number of hydrogen-bond donors (Lipinski definition) is 3. The number of nitrogens with two attached hydrogens (primary N) is 2. The fraction of sp³-hybridized carbons (Fsp3) is 0.308. The molecule has 1 aromatic rings. The lowest BCUT2D eigenvalue weighted by Crippen LogP contribution is -2.53. The van der Waals surface area contributed by atoms with Crippen molar-refractivity contribution < 1.29 is 32.6 Å². The largest absolute Gasteiger partial charge is 0.483 e. The first kappa shape index (κ1) is 18.3. The van der Waals surface area contributed by atoms with Crippen molar-refractivity contribution in [3.05, 3.63) is 35.1 Å². The first-order valence-electron chi connectivity index (χ1n) is 6.13. The second-order valence-electron chi connectivity index (χ2n) is 4.66. The van der Waals surface area contributed by atoms with Crippen LogP contribution in [-0.2, 0) is 15.1 Å². The van der Waals surface area contributed by atoms with Crippen molar-refractivity contribution in [2.75, 3.05) is 6.54 Å². The maximum absolute atomic E-state index is 14.1. The predicted octanol–water partition coefficient (Wildman–Crippen LogP) is 0.821. The van der Waals surface area contributed by atoms with Crippen molar-refractivity contribution in [3.63, 3.8) is 0 Å². The molecule has 1 amide bonds. The third-order valence-corrected chi connectivity index (χ3v) is 3.20. The molecule has 1 atom stereocenters. The molecule has 0 aliphatic carbocycles. The molecule has 0 aromatic heterocycles. The SMILES string of the molecule is C[C@]1(c2cc(C(N)=O)ccc2F)OC(N)=NCC1(F)F.O=CO. The summed E-state index contributed by atoms with van der Waals surface area (Å²) in [5.74, 6) is -5.31. The summed E-state index contributed by atoms with van der Waals surface area (Å²) in [5, 5.41) is 6.89. The topological polar surface area (TPSA) is 128 Å². The number of carboxylic acid groups (broad SMARTS) is 1. The van der Waals surface area contributed by atoms with E-state index in [4.69, 9.17) is 26.1 Å². The molecule has 23 heavy (non-hydrogen) atoms. The van der Waals surface area contributed by atoms with Gasteiger partial charge in [0.2, 0.25) is 11.5 Å². The number of ether oxygens (including phenoxy) is 1. The number of primary amides is 1. The van der Waals surface area contributed by atoms with E-state index in [0.717, 1.165) is 25.1 Å². The average molecular weight is 333 g/mol. The minimum absolute atomic E-state index is 0.108. The molecular formula is C13H14F3N3O4. The van der Waals surface area contributed by atoms with Crippen molar-refractivity contribution in [2.45, 2.75) is 18.4 Å². The van der Waals surface area contributed by atoms with Crippen LogP contribution in [0.5, 0.6) is 0 Å². The van der Waals surface area contributed by atoms with E-state index < -0.39 is 41.4 Å². The summed E-state index contributed by atoms with van der Waals surface area (Å²) in [7, 11) is 0. The Hall–Kier alpha value is -2.78. The Labute approximate surface area is 128 Å². The molecule has 0 saturated carbocycles. The average Bonchev–Trinajstić information content (AvgIpc) is 2.44. The van der Waals surface area contributed by atoms with E-state index >= 15 is 0 Å². The molecule has 1 aromatic carbocycles. The Morgan fingerprint density at radius 1 is 1.48 bits per heavy atom. The molecule has 1 aliphatic rings. The Bertz CT molecular complexity index is 651.